The van der Waals surface area contributed by atoms with Gasteiger partial charge in [-0.15, -0.1) is 5.10 Å². The van der Waals surface area contributed by atoms with Crippen molar-refractivity contribution in [2.24, 2.45) is 7.05 Å². The van der Waals surface area contributed by atoms with Crippen molar-refractivity contribution in [1.82, 2.24) is 39.2 Å². The van der Waals surface area contributed by atoms with Gasteiger partial charge >= 0.3 is 0 Å². The second kappa shape index (κ2) is 7.58. The second-order valence-corrected chi connectivity index (χ2v) is 7.65. The van der Waals surface area contributed by atoms with Crippen molar-refractivity contribution in [3.63, 3.8) is 0 Å². The van der Waals surface area contributed by atoms with Gasteiger partial charge in [0.15, 0.2) is 10.9 Å². The largest absolute Gasteiger partial charge is 0.461 e. The van der Waals surface area contributed by atoms with Crippen molar-refractivity contribution in [2.75, 3.05) is 24.1 Å². The van der Waals surface area contributed by atoms with Crippen LogP contribution in [0.5, 0.6) is 0 Å². The highest BCUT2D eigenvalue weighted by atomic mass is 35.5. The fourth-order valence-electron chi connectivity index (χ4n) is 3.77. The van der Waals surface area contributed by atoms with Crippen molar-refractivity contribution in [2.45, 2.75) is 25.4 Å². The molecule has 4 aromatic rings. The quantitative estimate of drug-likeness (QED) is 0.472. The van der Waals surface area contributed by atoms with Gasteiger partial charge in [-0.2, -0.15) is 24.6 Å². The first-order valence-electron chi connectivity index (χ1n) is 9.67. The van der Waals surface area contributed by atoms with E-state index in [1.807, 2.05) is 13.2 Å². The molecule has 0 amide bonds. The highest BCUT2D eigenvalue weighted by molar-refractivity contribution is 6.30. The zero-order valence-electron chi connectivity index (χ0n) is 16.4. The minimum atomic E-state index is 0.207. The number of halogens is 1. The van der Waals surface area contributed by atoms with Gasteiger partial charge in [-0.1, -0.05) is 11.6 Å². The van der Waals surface area contributed by atoms with Crippen LogP contribution < -0.4 is 11.1 Å². The van der Waals surface area contributed by atoms with E-state index in [9.17, 15) is 0 Å². The lowest BCUT2D eigenvalue weighted by Gasteiger charge is -2.24. The van der Waals surface area contributed by atoms with Crippen LogP contribution in [0.15, 0.2) is 29.0 Å². The number of hydrogen-bond donors (Lipinski definition) is 2. The number of furan rings is 1. The minimum absolute atomic E-state index is 0.207. The van der Waals surface area contributed by atoms with Crippen molar-refractivity contribution < 1.29 is 4.42 Å². The summed E-state index contributed by atoms with van der Waals surface area (Å²) in [4.78, 5) is 15.5. The third-order valence-corrected chi connectivity index (χ3v) is 5.51. The molecular weight excluding hydrogens is 408 g/mol. The maximum absolute atomic E-state index is 6.23. The molecule has 0 aromatic carbocycles. The molecule has 12 heteroatoms. The van der Waals surface area contributed by atoms with Crippen LogP contribution in [0.2, 0.25) is 5.15 Å². The van der Waals surface area contributed by atoms with Crippen molar-refractivity contribution in [3.05, 3.63) is 35.3 Å². The first-order valence-corrected chi connectivity index (χ1v) is 10.0. The molecule has 5 rings (SSSR count). The highest BCUT2D eigenvalue weighted by Crippen LogP contribution is 2.23. The Bertz CT molecular complexity index is 1170. The van der Waals surface area contributed by atoms with Gasteiger partial charge in [0.1, 0.15) is 0 Å². The summed E-state index contributed by atoms with van der Waals surface area (Å²) >= 11 is 6.23. The van der Waals surface area contributed by atoms with Crippen LogP contribution in [-0.2, 0) is 13.6 Å². The van der Waals surface area contributed by atoms with Crippen molar-refractivity contribution in [3.8, 4) is 11.6 Å². The first-order chi connectivity index (χ1) is 14.6. The number of rotatable bonds is 6. The third-order valence-electron chi connectivity index (χ3n) is 5.20. The molecule has 1 aliphatic rings. The predicted octanol–water partition coefficient (Wildman–Crippen LogP) is 1.82. The molecule has 1 saturated heterocycles. The van der Waals surface area contributed by atoms with E-state index in [-0.39, 0.29) is 5.95 Å². The van der Waals surface area contributed by atoms with E-state index in [0.717, 1.165) is 31.5 Å². The Balaban J connectivity index is 1.30. The fourth-order valence-corrected chi connectivity index (χ4v) is 4.00. The highest BCUT2D eigenvalue weighted by Gasteiger charge is 2.26. The number of nitrogen functional groups attached to an aromatic ring is 1. The number of aromatic nitrogens is 7. The Morgan fingerprint density at radius 1 is 1.30 bits per heavy atom. The van der Waals surface area contributed by atoms with E-state index in [2.05, 4.69) is 35.4 Å². The van der Waals surface area contributed by atoms with Gasteiger partial charge in [-0.05, 0) is 31.5 Å². The van der Waals surface area contributed by atoms with Gasteiger partial charge < -0.3 is 15.5 Å². The van der Waals surface area contributed by atoms with Crippen LogP contribution >= 0.6 is 11.6 Å². The molecule has 0 saturated carbocycles. The standard InChI is InChI=1S/C18H21ClN10O/c1-27-9-11(14(19)25-27)10-28-6-2-4-12(28)8-21-17-23-16(20)29-18(24-17)22-15(26-29)13-5-3-7-30-13/h3,5,7,9,12H,2,4,6,8,10H2,1H3,(H3,20,21,22,23,24,26)/t12-/m1/s1. The lowest BCUT2D eigenvalue weighted by molar-refractivity contribution is 0.254. The molecule has 0 spiro atoms. The topological polar surface area (TPSA) is 128 Å². The monoisotopic (exact) mass is 428 g/mol. The summed E-state index contributed by atoms with van der Waals surface area (Å²) in [5.41, 5.74) is 7.09. The van der Waals surface area contributed by atoms with Gasteiger partial charge in [-0.25, -0.2) is 0 Å². The molecule has 30 heavy (non-hydrogen) atoms. The molecule has 1 atom stereocenters. The van der Waals surface area contributed by atoms with E-state index < -0.39 is 0 Å². The second-order valence-electron chi connectivity index (χ2n) is 7.30. The maximum atomic E-state index is 6.23. The van der Waals surface area contributed by atoms with Gasteiger partial charge in [0.25, 0.3) is 5.78 Å². The lowest BCUT2D eigenvalue weighted by atomic mass is 10.2. The summed E-state index contributed by atoms with van der Waals surface area (Å²) in [7, 11) is 1.87. The van der Waals surface area contributed by atoms with Gasteiger partial charge in [0.2, 0.25) is 17.7 Å². The van der Waals surface area contributed by atoms with Crippen LogP contribution in [0.3, 0.4) is 0 Å². The molecule has 1 fully saturated rings. The molecule has 5 heterocycles. The average molecular weight is 429 g/mol. The van der Waals surface area contributed by atoms with E-state index in [1.165, 1.54) is 4.52 Å². The lowest BCUT2D eigenvalue weighted by Crippen LogP contribution is -2.34. The number of anilines is 2. The Morgan fingerprint density at radius 3 is 2.97 bits per heavy atom. The van der Waals surface area contributed by atoms with Gasteiger partial charge in [0.05, 0.1) is 6.26 Å². The summed E-state index contributed by atoms with van der Waals surface area (Å²) in [5, 5.41) is 12.4. The SMILES string of the molecule is Cn1cc(CN2CCC[C@@H]2CNc2nc(N)n3nc(-c4ccco4)nc3n2)c(Cl)n1. The smallest absolute Gasteiger partial charge is 0.259 e. The average Bonchev–Trinajstić information content (AvgIpc) is 3.48. The summed E-state index contributed by atoms with van der Waals surface area (Å²) in [6.07, 6.45) is 5.74. The van der Waals surface area contributed by atoms with Crippen molar-refractivity contribution >= 4 is 29.3 Å². The molecule has 0 bridgehead atoms. The third kappa shape index (κ3) is 3.57. The molecule has 1 aliphatic heterocycles. The number of fused-ring (bicyclic) bond motifs is 1. The van der Waals surface area contributed by atoms with Crippen LogP contribution in [0, 0.1) is 0 Å². The van der Waals surface area contributed by atoms with E-state index >= 15 is 0 Å². The molecule has 0 unspecified atom stereocenters. The van der Waals surface area contributed by atoms with Gasteiger partial charge in [0, 0.05) is 37.9 Å². The number of nitrogens with zero attached hydrogens (tertiary/aromatic N) is 8. The molecule has 0 aliphatic carbocycles. The van der Waals surface area contributed by atoms with E-state index in [4.69, 9.17) is 21.8 Å². The molecule has 156 valence electrons. The Morgan fingerprint density at radius 2 is 2.20 bits per heavy atom. The number of likely N-dealkylation sites (tertiary alicyclic amines) is 1. The summed E-state index contributed by atoms with van der Waals surface area (Å²) < 4.78 is 8.48. The minimum Gasteiger partial charge on any atom is -0.461 e. The fraction of sp³-hybridized carbons (Fsp3) is 0.389. The van der Waals surface area contributed by atoms with Crippen LogP contribution in [0.25, 0.3) is 17.4 Å². The molecular formula is C18H21ClN10O. The Kier molecular flexibility index (Phi) is 4.75. The Labute approximate surface area is 176 Å². The Hall–Kier alpha value is -3.18. The number of nitrogens with one attached hydrogen (secondary N) is 1. The zero-order valence-corrected chi connectivity index (χ0v) is 17.1. The number of hydrogen-bond acceptors (Lipinski definition) is 9. The summed E-state index contributed by atoms with van der Waals surface area (Å²) in [6.45, 7) is 2.46. The summed E-state index contributed by atoms with van der Waals surface area (Å²) in [5.74, 6) is 1.95. The van der Waals surface area contributed by atoms with Crippen LogP contribution in [0.4, 0.5) is 11.9 Å². The van der Waals surface area contributed by atoms with Crippen LogP contribution in [-0.4, -0.2) is 58.4 Å². The molecule has 0 radical (unpaired) electrons. The molecule has 11 nitrogen and oxygen atoms in total. The van der Waals surface area contributed by atoms with Gasteiger partial charge in [-0.3, -0.25) is 9.58 Å². The van der Waals surface area contributed by atoms with E-state index in [1.54, 1.807) is 23.1 Å². The number of aryl methyl sites for hydroxylation is 1. The first kappa shape index (κ1) is 18.8. The zero-order chi connectivity index (χ0) is 20.7. The molecule has 3 N–H and O–H groups in total. The van der Waals surface area contributed by atoms with E-state index in [0.29, 0.717) is 41.1 Å². The maximum Gasteiger partial charge on any atom is 0.259 e. The predicted molar refractivity (Wildman–Crippen MR) is 111 cm³/mol. The summed E-state index contributed by atoms with van der Waals surface area (Å²) in [6, 6.07) is 3.88. The van der Waals surface area contributed by atoms with Crippen molar-refractivity contribution in [1.29, 1.82) is 0 Å². The number of nitrogens with two attached hydrogens (primary N) is 1. The molecule has 4 aromatic heterocycles. The normalized spacial score (nSPS) is 17.2. The van der Waals surface area contributed by atoms with Crippen LogP contribution in [0.1, 0.15) is 18.4 Å².